The zero-order chi connectivity index (χ0) is 16.5. The Hall–Kier alpha value is -1.76. The van der Waals surface area contributed by atoms with E-state index in [2.05, 4.69) is 31.1 Å². The number of nitrogens with zero attached hydrogens (tertiary/aromatic N) is 4. The zero-order valence-electron chi connectivity index (χ0n) is 13.3. The average molecular weight is 391 g/mol. The van der Waals surface area contributed by atoms with Gasteiger partial charge in [0.1, 0.15) is 0 Å². The van der Waals surface area contributed by atoms with Crippen LogP contribution in [0.15, 0.2) is 27.5 Å². The van der Waals surface area contributed by atoms with Gasteiger partial charge in [-0.2, -0.15) is 4.98 Å². The third-order valence-corrected chi connectivity index (χ3v) is 5.08. The van der Waals surface area contributed by atoms with Crippen LogP contribution < -0.4 is 0 Å². The van der Waals surface area contributed by atoms with Crippen LogP contribution >= 0.6 is 15.9 Å². The molecular weight excluding hydrogens is 372 g/mol. The molecule has 4 rings (SSSR count). The Balaban J connectivity index is 1.40. The Morgan fingerprint density at radius 3 is 3.00 bits per heavy atom. The fraction of sp³-hybridized carbons (Fsp3) is 0.529. The molecular formula is C17H19BrN4O2. The van der Waals surface area contributed by atoms with E-state index >= 15 is 0 Å². The van der Waals surface area contributed by atoms with Gasteiger partial charge in [0.25, 0.3) is 5.91 Å². The van der Waals surface area contributed by atoms with Gasteiger partial charge in [-0.1, -0.05) is 5.16 Å². The topological polar surface area (TPSA) is 72.1 Å². The highest BCUT2D eigenvalue weighted by molar-refractivity contribution is 9.10. The first-order valence-electron chi connectivity index (χ1n) is 8.41. The summed E-state index contributed by atoms with van der Waals surface area (Å²) in [5, 5.41) is 4.07. The predicted molar refractivity (Wildman–Crippen MR) is 90.5 cm³/mol. The van der Waals surface area contributed by atoms with Gasteiger partial charge in [0, 0.05) is 42.3 Å². The fourth-order valence-electron chi connectivity index (χ4n) is 3.23. The minimum absolute atomic E-state index is 0.0395. The van der Waals surface area contributed by atoms with Gasteiger partial charge in [-0.3, -0.25) is 9.78 Å². The maximum atomic E-state index is 12.7. The minimum Gasteiger partial charge on any atom is -0.339 e. The molecule has 2 aromatic heterocycles. The molecule has 1 aliphatic heterocycles. The normalized spacial score (nSPS) is 21.0. The van der Waals surface area contributed by atoms with E-state index in [0.717, 1.165) is 42.6 Å². The van der Waals surface area contributed by atoms with E-state index < -0.39 is 0 Å². The van der Waals surface area contributed by atoms with Crippen LogP contribution in [0.5, 0.6) is 0 Å². The van der Waals surface area contributed by atoms with E-state index in [1.807, 2.05) is 11.0 Å². The molecule has 0 aromatic carbocycles. The summed E-state index contributed by atoms with van der Waals surface area (Å²) in [6.07, 6.45) is 8.49. The first-order chi connectivity index (χ1) is 11.7. The third-order valence-electron chi connectivity index (χ3n) is 4.65. The molecule has 7 heteroatoms. The number of aromatic nitrogens is 3. The number of pyridine rings is 1. The SMILES string of the molecule is O=C(c1cncc(Br)c1)N1CCCC(Cc2nc(C3CC3)no2)C1. The van der Waals surface area contributed by atoms with Gasteiger partial charge in [-0.15, -0.1) is 0 Å². The largest absolute Gasteiger partial charge is 0.339 e. The van der Waals surface area contributed by atoms with Crippen molar-refractivity contribution in [2.75, 3.05) is 13.1 Å². The maximum Gasteiger partial charge on any atom is 0.255 e. The van der Waals surface area contributed by atoms with Crippen LogP contribution in [0.2, 0.25) is 0 Å². The second-order valence-electron chi connectivity index (χ2n) is 6.68. The molecule has 126 valence electrons. The molecule has 1 aliphatic carbocycles. The van der Waals surface area contributed by atoms with Gasteiger partial charge in [-0.25, -0.2) is 0 Å². The lowest BCUT2D eigenvalue weighted by Crippen LogP contribution is -2.40. The quantitative estimate of drug-likeness (QED) is 0.801. The molecule has 1 unspecified atom stereocenters. The van der Waals surface area contributed by atoms with Crippen LogP contribution in [0.3, 0.4) is 0 Å². The molecule has 3 heterocycles. The molecule has 2 aromatic rings. The van der Waals surface area contributed by atoms with E-state index in [1.165, 1.54) is 12.8 Å². The summed E-state index contributed by atoms with van der Waals surface area (Å²) in [6, 6.07) is 1.82. The summed E-state index contributed by atoms with van der Waals surface area (Å²) in [6.45, 7) is 1.52. The lowest BCUT2D eigenvalue weighted by Gasteiger charge is -2.32. The zero-order valence-corrected chi connectivity index (χ0v) is 14.9. The van der Waals surface area contributed by atoms with Gasteiger partial charge < -0.3 is 9.42 Å². The van der Waals surface area contributed by atoms with Crippen molar-refractivity contribution in [1.82, 2.24) is 20.0 Å². The van der Waals surface area contributed by atoms with Crippen molar-refractivity contribution in [1.29, 1.82) is 0 Å². The van der Waals surface area contributed by atoms with Crippen LogP contribution in [0, 0.1) is 5.92 Å². The number of rotatable bonds is 4. The van der Waals surface area contributed by atoms with Crippen molar-refractivity contribution in [3.05, 3.63) is 40.2 Å². The lowest BCUT2D eigenvalue weighted by atomic mass is 9.94. The molecule has 2 fully saturated rings. The van der Waals surface area contributed by atoms with Crippen molar-refractivity contribution in [3.8, 4) is 0 Å². The molecule has 0 N–H and O–H groups in total. The van der Waals surface area contributed by atoms with E-state index in [1.54, 1.807) is 12.4 Å². The van der Waals surface area contributed by atoms with Gasteiger partial charge >= 0.3 is 0 Å². The Morgan fingerprint density at radius 2 is 2.21 bits per heavy atom. The van der Waals surface area contributed by atoms with E-state index in [0.29, 0.717) is 23.3 Å². The highest BCUT2D eigenvalue weighted by Gasteiger charge is 2.30. The van der Waals surface area contributed by atoms with Crippen LogP contribution in [0.25, 0.3) is 0 Å². The Morgan fingerprint density at radius 1 is 1.33 bits per heavy atom. The summed E-state index contributed by atoms with van der Waals surface area (Å²) in [4.78, 5) is 23.2. The molecule has 24 heavy (non-hydrogen) atoms. The van der Waals surface area contributed by atoms with Gasteiger partial charge in [-0.05, 0) is 53.6 Å². The summed E-state index contributed by atoms with van der Waals surface area (Å²) in [7, 11) is 0. The molecule has 1 saturated heterocycles. The third kappa shape index (κ3) is 3.50. The van der Waals surface area contributed by atoms with E-state index in [9.17, 15) is 4.79 Å². The first kappa shape index (κ1) is 15.7. The molecule has 2 aliphatic rings. The second-order valence-corrected chi connectivity index (χ2v) is 7.59. The first-order valence-corrected chi connectivity index (χ1v) is 9.20. The number of carbonyl (C=O) groups excluding carboxylic acids is 1. The summed E-state index contributed by atoms with van der Waals surface area (Å²) in [5.41, 5.74) is 0.624. The van der Waals surface area contributed by atoms with Gasteiger partial charge in [0.05, 0.1) is 5.56 Å². The Bertz CT molecular complexity index is 744. The smallest absolute Gasteiger partial charge is 0.255 e. The number of carbonyl (C=O) groups is 1. The van der Waals surface area contributed by atoms with Crippen LogP contribution in [0.4, 0.5) is 0 Å². The number of hydrogen-bond donors (Lipinski definition) is 0. The lowest BCUT2D eigenvalue weighted by molar-refractivity contribution is 0.0667. The average Bonchev–Trinajstić information content (AvgIpc) is 3.34. The van der Waals surface area contributed by atoms with E-state index in [-0.39, 0.29) is 5.91 Å². The number of halogens is 1. The Kier molecular flexibility index (Phi) is 4.35. The standard InChI is InChI=1S/C17H19BrN4O2/c18-14-7-13(8-19-9-14)17(23)22-5-1-2-11(10-22)6-15-20-16(21-24-15)12-3-4-12/h7-9,11-12H,1-6,10H2. The van der Waals surface area contributed by atoms with Crippen molar-refractivity contribution in [2.24, 2.45) is 5.92 Å². The predicted octanol–water partition coefficient (Wildman–Crippen LogP) is 3.20. The Labute approximate surface area is 148 Å². The number of amides is 1. The number of likely N-dealkylation sites (tertiary alicyclic amines) is 1. The van der Waals surface area contributed by atoms with Crippen molar-refractivity contribution in [2.45, 2.75) is 38.0 Å². The highest BCUT2D eigenvalue weighted by Crippen LogP contribution is 2.38. The van der Waals surface area contributed by atoms with Crippen LogP contribution in [-0.4, -0.2) is 39.0 Å². The summed E-state index contributed by atoms with van der Waals surface area (Å²) in [5.74, 6) is 2.48. The molecule has 1 amide bonds. The van der Waals surface area contributed by atoms with Crippen molar-refractivity contribution >= 4 is 21.8 Å². The number of piperidine rings is 1. The molecule has 0 bridgehead atoms. The van der Waals surface area contributed by atoms with Crippen molar-refractivity contribution in [3.63, 3.8) is 0 Å². The second kappa shape index (κ2) is 6.63. The molecule has 1 saturated carbocycles. The summed E-state index contributed by atoms with van der Waals surface area (Å²) < 4.78 is 6.20. The molecule has 1 atom stereocenters. The van der Waals surface area contributed by atoms with E-state index in [4.69, 9.17) is 4.52 Å². The molecule has 0 radical (unpaired) electrons. The minimum atomic E-state index is 0.0395. The highest BCUT2D eigenvalue weighted by atomic mass is 79.9. The van der Waals surface area contributed by atoms with Crippen LogP contribution in [0.1, 0.15) is 53.7 Å². The molecule has 6 nitrogen and oxygen atoms in total. The van der Waals surface area contributed by atoms with Crippen LogP contribution in [-0.2, 0) is 6.42 Å². The monoisotopic (exact) mass is 390 g/mol. The number of hydrogen-bond acceptors (Lipinski definition) is 5. The summed E-state index contributed by atoms with van der Waals surface area (Å²) >= 11 is 3.37. The fourth-order valence-corrected chi connectivity index (χ4v) is 3.60. The molecule has 0 spiro atoms. The maximum absolute atomic E-state index is 12.7. The van der Waals surface area contributed by atoms with Gasteiger partial charge in [0.2, 0.25) is 5.89 Å². The van der Waals surface area contributed by atoms with Gasteiger partial charge in [0.15, 0.2) is 5.82 Å². The van der Waals surface area contributed by atoms with Crippen molar-refractivity contribution < 1.29 is 9.32 Å².